The van der Waals surface area contributed by atoms with E-state index in [0.29, 0.717) is 6.04 Å². The SMILES string of the molecule is CCNC(Cc1c(C)cc(C(C)(C)C)cc1C)CC(C)C. The van der Waals surface area contributed by atoms with E-state index in [-0.39, 0.29) is 5.41 Å². The minimum Gasteiger partial charge on any atom is -0.314 e. The van der Waals surface area contributed by atoms with E-state index in [2.05, 4.69) is 72.8 Å². The molecule has 0 radical (unpaired) electrons. The molecule has 1 heteroatoms. The van der Waals surface area contributed by atoms with Gasteiger partial charge in [0.15, 0.2) is 0 Å². The fourth-order valence-corrected chi connectivity index (χ4v) is 3.09. The van der Waals surface area contributed by atoms with Crippen LogP contribution in [0.4, 0.5) is 0 Å². The number of aryl methyl sites for hydroxylation is 2. The minimum atomic E-state index is 0.229. The largest absolute Gasteiger partial charge is 0.314 e. The van der Waals surface area contributed by atoms with Crippen molar-refractivity contribution < 1.29 is 0 Å². The van der Waals surface area contributed by atoms with Gasteiger partial charge < -0.3 is 5.32 Å². The maximum Gasteiger partial charge on any atom is 0.0110 e. The lowest BCUT2D eigenvalue weighted by molar-refractivity contribution is 0.423. The molecule has 0 aliphatic carbocycles. The first-order valence-electron chi connectivity index (χ1n) is 8.49. The number of rotatable bonds is 6. The van der Waals surface area contributed by atoms with E-state index in [1.54, 1.807) is 0 Å². The van der Waals surface area contributed by atoms with Gasteiger partial charge >= 0.3 is 0 Å². The van der Waals surface area contributed by atoms with Crippen LogP contribution in [0.15, 0.2) is 12.1 Å². The van der Waals surface area contributed by atoms with Gasteiger partial charge in [-0.1, -0.05) is 53.7 Å². The van der Waals surface area contributed by atoms with Crippen LogP contribution < -0.4 is 5.32 Å². The molecule has 1 rings (SSSR count). The molecule has 0 bridgehead atoms. The zero-order valence-corrected chi connectivity index (χ0v) is 15.4. The fraction of sp³-hybridized carbons (Fsp3) is 0.700. The van der Waals surface area contributed by atoms with Crippen LogP contribution in [0.2, 0.25) is 0 Å². The van der Waals surface area contributed by atoms with E-state index in [0.717, 1.165) is 18.9 Å². The molecule has 0 fully saturated rings. The Morgan fingerprint density at radius 2 is 1.57 bits per heavy atom. The molecule has 0 saturated heterocycles. The lowest BCUT2D eigenvalue weighted by Crippen LogP contribution is -2.32. The number of hydrogen-bond acceptors (Lipinski definition) is 1. The van der Waals surface area contributed by atoms with Gasteiger partial charge in [0.05, 0.1) is 0 Å². The number of hydrogen-bond donors (Lipinski definition) is 1. The fourth-order valence-electron chi connectivity index (χ4n) is 3.09. The monoisotopic (exact) mass is 289 g/mol. The molecule has 0 aliphatic heterocycles. The minimum absolute atomic E-state index is 0.229. The van der Waals surface area contributed by atoms with Gasteiger partial charge in [-0.05, 0) is 66.8 Å². The van der Waals surface area contributed by atoms with Crippen LogP contribution in [0.3, 0.4) is 0 Å². The van der Waals surface area contributed by atoms with Crippen molar-refractivity contribution in [3.8, 4) is 0 Å². The number of nitrogens with one attached hydrogen (secondary N) is 1. The van der Waals surface area contributed by atoms with E-state index in [1.807, 2.05) is 0 Å². The predicted molar refractivity (Wildman–Crippen MR) is 95.2 cm³/mol. The van der Waals surface area contributed by atoms with E-state index in [1.165, 1.54) is 28.7 Å². The molecule has 1 atom stereocenters. The summed E-state index contributed by atoms with van der Waals surface area (Å²) in [6.07, 6.45) is 2.39. The highest BCUT2D eigenvalue weighted by Crippen LogP contribution is 2.28. The van der Waals surface area contributed by atoms with E-state index < -0.39 is 0 Å². The molecule has 0 heterocycles. The Morgan fingerprint density at radius 1 is 1.05 bits per heavy atom. The molecule has 1 unspecified atom stereocenters. The second-order valence-electron chi connectivity index (χ2n) is 7.93. The lowest BCUT2D eigenvalue weighted by atomic mass is 9.82. The normalized spacial score (nSPS) is 13.8. The molecule has 0 aliphatic rings. The van der Waals surface area contributed by atoms with Gasteiger partial charge in [0.1, 0.15) is 0 Å². The first-order chi connectivity index (χ1) is 9.65. The summed E-state index contributed by atoms with van der Waals surface area (Å²) in [5.74, 6) is 0.739. The summed E-state index contributed by atoms with van der Waals surface area (Å²) in [4.78, 5) is 0. The van der Waals surface area contributed by atoms with Crippen LogP contribution in [0.25, 0.3) is 0 Å². The number of likely N-dealkylation sites (N-methyl/N-ethyl adjacent to an activating group) is 1. The van der Waals surface area contributed by atoms with Crippen LogP contribution in [0.5, 0.6) is 0 Å². The van der Waals surface area contributed by atoms with Gasteiger partial charge in [0.2, 0.25) is 0 Å². The molecule has 0 aromatic heterocycles. The van der Waals surface area contributed by atoms with E-state index in [4.69, 9.17) is 0 Å². The van der Waals surface area contributed by atoms with Crippen LogP contribution in [-0.4, -0.2) is 12.6 Å². The van der Waals surface area contributed by atoms with Crippen molar-refractivity contribution in [2.45, 2.75) is 79.7 Å². The third-order valence-corrected chi connectivity index (χ3v) is 4.26. The standard InChI is InChI=1S/C20H35N/c1-9-21-18(10-14(2)3)13-19-15(4)11-17(12-16(19)5)20(6,7)8/h11-12,14,18,21H,9-10,13H2,1-8H3. The summed E-state index contributed by atoms with van der Waals surface area (Å²) in [5.41, 5.74) is 6.12. The lowest BCUT2D eigenvalue weighted by Gasteiger charge is -2.25. The Labute approximate surface area is 132 Å². The molecule has 0 saturated carbocycles. The number of benzene rings is 1. The van der Waals surface area contributed by atoms with Gasteiger partial charge in [-0.25, -0.2) is 0 Å². The van der Waals surface area contributed by atoms with E-state index in [9.17, 15) is 0 Å². The van der Waals surface area contributed by atoms with Crippen molar-refractivity contribution >= 4 is 0 Å². The Morgan fingerprint density at radius 3 is 1.95 bits per heavy atom. The summed E-state index contributed by atoms with van der Waals surface area (Å²) in [6, 6.07) is 5.37. The zero-order chi connectivity index (χ0) is 16.2. The topological polar surface area (TPSA) is 12.0 Å². The van der Waals surface area contributed by atoms with Gasteiger partial charge in [-0.15, -0.1) is 0 Å². The van der Waals surface area contributed by atoms with Gasteiger partial charge in [0, 0.05) is 6.04 Å². The summed E-state index contributed by atoms with van der Waals surface area (Å²) < 4.78 is 0. The average molecular weight is 290 g/mol. The summed E-state index contributed by atoms with van der Waals surface area (Å²) >= 11 is 0. The highest BCUT2D eigenvalue weighted by atomic mass is 14.9. The van der Waals surface area contributed by atoms with Gasteiger partial charge in [-0.2, -0.15) is 0 Å². The second-order valence-corrected chi connectivity index (χ2v) is 7.93. The third kappa shape index (κ3) is 5.47. The quantitative estimate of drug-likeness (QED) is 0.762. The van der Waals surface area contributed by atoms with Crippen molar-refractivity contribution in [3.63, 3.8) is 0 Å². The van der Waals surface area contributed by atoms with Crippen LogP contribution in [0, 0.1) is 19.8 Å². The molecule has 1 nitrogen and oxygen atoms in total. The Bertz CT molecular complexity index is 428. The first kappa shape index (κ1) is 18.2. The summed E-state index contributed by atoms with van der Waals surface area (Å²) in [5, 5.41) is 3.66. The molecule has 1 N–H and O–H groups in total. The van der Waals surface area contributed by atoms with Crippen molar-refractivity contribution in [1.82, 2.24) is 5.32 Å². The summed E-state index contributed by atoms with van der Waals surface area (Å²) in [7, 11) is 0. The molecular formula is C20H35N. The molecule has 21 heavy (non-hydrogen) atoms. The highest BCUT2D eigenvalue weighted by Gasteiger charge is 2.18. The van der Waals surface area contributed by atoms with Gasteiger partial charge in [-0.3, -0.25) is 0 Å². The maximum absolute atomic E-state index is 3.66. The summed E-state index contributed by atoms with van der Waals surface area (Å²) in [6.45, 7) is 19.3. The average Bonchev–Trinajstić information content (AvgIpc) is 2.31. The predicted octanol–water partition coefficient (Wildman–Crippen LogP) is 5.17. The molecular weight excluding hydrogens is 254 g/mol. The van der Waals surface area contributed by atoms with Gasteiger partial charge in [0.25, 0.3) is 0 Å². The molecule has 1 aromatic rings. The van der Waals surface area contributed by atoms with Crippen LogP contribution in [-0.2, 0) is 11.8 Å². The van der Waals surface area contributed by atoms with Crippen molar-refractivity contribution in [2.75, 3.05) is 6.54 Å². The highest BCUT2D eigenvalue weighted by molar-refractivity contribution is 5.41. The Kier molecular flexibility index (Phi) is 6.46. The zero-order valence-electron chi connectivity index (χ0n) is 15.4. The molecule has 0 spiro atoms. The maximum atomic E-state index is 3.66. The van der Waals surface area contributed by atoms with Crippen molar-refractivity contribution in [1.29, 1.82) is 0 Å². The third-order valence-electron chi connectivity index (χ3n) is 4.26. The Balaban J connectivity index is 3.02. The van der Waals surface area contributed by atoms with Crippen molar-refractivity contribution in [3.05, 3.63) is 34.4 Å². The second kappa shape index (κ2) is 7.45. The van der Waals surface area contributed by atoms with Crippen molar-refractivity contribution in [2.24, 2.45) is 5.92 Å². The molecule has 0 amide bonds. The van der Waals surface area contributed by atoms with Crippen LogP contribution >= 0.6 is 0 Å². The molecule has 120 valence electrons. The first-order valence-corrected chi connectivity index (χ1v) is 8.49. The van der Waals surface area contributed by atoms with Crippen LogP contribution in [0.1, 0.15) is 70.2 Å². The van der Waals surface area contributed by atoms with E-state index >= 15 is 0 Å². The molecule has 1 aromatic carbocycles. The smallest absolute Gasteiger partial charge is 0.0110 e. The Hall–Kier alpha value is -0.820.